The highest BCUT2D eigenvalue weighted by Gasteiger charge is 2.27. The van der Waals surface area contributed by atoms with Gasteiger partial charge in [0.1, 0.15) is 6.73 Å². The Morgan fingerprint density at radius 2 is 1.94 bits per heavy atom. The molecule has 0 aromatic carbocycles. The zero-order valence-electron chi connectivity index (χ0n) is 9.69. The predicted octanol–water partition coefficient (Wildman–Crippen LogP) is 0.0635. The lowest BCUT2D eigenvalue weighted by Gasteiger charge is -2.25. The molecule has 0 aromatic rings. The molecular formula is C11H21N3O2. The molecule has 16 heavy (non-hydrogen) atoms. The van der Waals surface area contributed by atoms with E-state index in [-0.39, 0.29) is 12.8 Å². The van der Waals surface area contributed by atoms with Crippen LogP contribution in [0.25, 0.3) is 0 Å². The Balaban J connectivity index is 1.71. The topological polar surface area (TPSA) is 55.8 Å². The van der Waals surface area contributed by atoms with Gasteiger partial charge in [-0.3, -0.25) is 4.90 Å². The zero-order chi connectivity index (χ0) is 11.4. The Bertz CT molecular complexity index is 241. The quantitative estimate of drug-likeness (QED) is 0.714. The normalized spacial score (nSPS) is 23.2. The number of nitrogens with zero attached hydrogens (tertiary/aromatic N) is 2. The average Bonchev–Trinajstić information content (AvgIpc) is 2.69. The summed E-state index contributed by atoms with van der Waals surface area (Å²) in [6.45, 7) is 4.36. The van der Waals surface area contributed by atoms with Gasteiger partial charge in [0.15, 0.2) is 0 Å². The molecule has 2 heterocycles. The third-order valence-electron chi connectivity index (χ3n) is 3.62. The van der Waals surface area contributed by atoms with Crippen molar-refractivity contribution in [2.45, 2.75) is 19.3 Å². The van der Waals surface area contributed by atoms with Gasteiger partial charge in [0.05, 0.1) is 0 Å². The summed E-state index contributed by atoms with van der Waals surface area (Å²) in [6.07, 6.45) is 3.56. The molecule has 2 aliphatic rings. The van der Waals surface area contributed by atoms with Crippen LogP contribution in [0, 0.1) is 5.92 Å². The standard InChI is InChI=1S/C11H21N3O2/c15-9-14-8-7-13(11(14)16)6-3-10-1-4-12-5-2-10/h10,12,15H,1-9H2. The molecule has 2 N–H and O–H groups in total. The maximum atomic E-state index is 11.7. The Morgan fingerprint density at radius 1 is 1.25 bits per heavy atom. The van der Waals surface area contributed by atoms with Crippen LogP contribution in [0.4, 0.5) is 4.79 Å². The highest BCUT2D eigenvalue weighted by Crippen LogP contribution is 2.18. The Kier molecular flexibility index (Phi) is 4.01. The minimum absolute atomic E-state index is 0.00330. The average molecular weight is 227 g/mol. The van der Waals surface area contributed by atoms with Gasteiger partial charge in [-0.25, -0.2) is 4.79 Å². The van der Waals surface area contributed by atoms with Crippen molar-refractivity contribution in [3.8, 4) is 0 Å². The van der Waals surface area contributed by atoms with E-state index in [1.165, 1.54) is 17.7 Å². The first-order chi connectivity index (χ1) is 7.81. The predicted molar refractivity (Wildman–Crippen MR) is 61.0 cm³/mol. The van der Waals surface area contributed by atoms with Gasteiger partial charge in [-0.1, -0.05) is 0 Å². The molecule has 2 rings (SSSR count). The molecule has 0 atom stereocenters. The summed E-state index contributed by atoms with van der Waals surface area (Å²) in [5.74, 6) is 0.761. The highest BCUT2D eigenvalue weighted by atomic mass is 16.3. The number of urea groups is 1. The number of piperidine rings is 1. The fourth-order valence-electron chi connectivity index (χ4n) is 2.48. The lowest BCUT2D eigenvalue weighted by atomic mass is 9.94. The molecule has 2 amide bonds. The van der Waals surface area contributed by atoms with E-state index in [1.54, 1.807) is 0 Å². The summed E-state index contributed by atoms with van der Waals surface area (Å²) in [5.41, 5.74) is 0. The van der Waals surface area contributed by atoms with Crippen LogP contribution in [0.3, 0.4) is 0 Å². The lowest BCUT2D eigenvalue weighted by Crippen LogP contribution is -2.35. The molecule has 5 nitrogen and oxygen atoms in total. The highest BCUT2D eigenvalue weighted by molar-refractivity contribution is 5.76. The summed E-state index contributed by atoms with van der Waals surface area (Å²) >= 11 is 0. The minimum Gasteiger partial charge on any atom is -0.376 e. The minimum atomic E-state index is -0.150. The number of hydrogen-bond donors (Lipinski definition) is 2. The fraction of sp³-hybridized carbons (Fsp3) is 0.909. The number of rotatable bonds is 4. The van der Waals surface area contributed by atoms with E-state index >= 15 is 0 Å². The molecule has 0 radical (unpaired) electrons. The summed E-state index contributed by atoms with van der Waals surface area (Å²) in [5, 5.41) is 12.3. The first-order valence-electron chi connectivity index (χ1n) is 6.16. The molecule has 0 bridgehead atoms. The van der Waals surface area contributed by atoms with Gasteiger partial charge in [-0.2, -0.15) is 0 Å². The van der Waals surface area contributed by atoms with Crippen molar-refractivity contribution in [3.63, 3.8) is 0 Å². The second-order valence-electron chi connectivity index (χ2n) is 4.66. The van der Waals surface area contributed by atoms with Crippen molar-refractivity contribution in [2.24, 2.45) is 5.92 Å². The summed E-state index contributed by atoms with van der Waals surface area (Å²) in [4.78, 5) is 15.0. The monoisotopic (exact) mass is 227 g/mol. The van der Waals surface area contributed by atoms with Crippen molar-refractivity contribution in [3.05, 3.63) is 0 Å². The second kappa shape index (κ2) is 5.50. The first kappa shape index (κ1) is 11.7. The molecule has 0 unspecified atom stereocenters. The maximum absolute atomic E-state index is 11.7. The van der Waals surface area contributed by atoms with Gasteiger partial charge >= 0.3 is 6.03 Å². The zero-order valence-corrected chi connectivity index (χ0v) is 9.69. The van der Waals surface area contributed by atoms with Gasteiger partial charge in [-0.05, 0) is 38.3 Å². The van der Waals surface area contributed by atoms with Crippen LogP contribution in [0.2, 0.25) is 0 Å². The van der Waals surface area contributed by atoms with E-state index in [0.717, 1.165) is 38.5 Å². The van der Waals surface area contributed by atoms with Gasteiger partial charge in [0, 0.05) is 19.6 Å². The fourth-order valence-corrected chi connectivity index (χ4v) is 2.48. The molecule has 2 saturated heterocycles. The van der Waals surface area contributed by atoms with E-state index in [0.29, 0.717) is 6.54 Å². The van der Waals surface area contributed by atoms with E-state index < -0.39 is 0 Å². The van der Waals surface area contributed by atoms with E-state index in [4.69, 9.17) is 5.11 Å². The lowest BCUT2D eigenvalue weighted by molar-refractivity contribution is 0.133. The number of aliphatic hydroxyl groups excluding tert-OH is 1. The molecule has 92 valence electrons. The van der Waals surface area contributed by atoms with Crippen molar-refractivity contribution in [1.29, 1.82) is 0 Å². The van der Waals surface area contributed by atoms with E-state index in [1.807, 2.05) is 4.90 Å². The maximum Gasteiger partial charge on any atom is 0.321 e. The smallest absolute Gasteiger partial charge is 0.321 e. The molecule has 0 aliphatic carbocycles. The number of hydrogen-bond acceptors (Lipinski definition) is 3. The second-order valence-corrected chi connectivity index (χ2v) is 4.66. The number of carbonyl (C=O) groups is 1. The van der Waals surface area contributed by atoms with Gasteiger partial charge in [0.25, 0.3) is 0 Å². The number of amides is 2. The molecular weight excluding hydrogens is 206 g/mol. The molecule has 5 heteroatoms. The SMILES string of the molecule is O=C1N(CO)CCN1CCC1CCNCC1. The Morgan fingerprint density at radius 3 is 2.56 bits per heavy atom. The third-order valence-corrected chi connectivity index (χ3v) is 3.62. The number of nitrogens with one attached hydrogen (secondary N) is 1. The van der Waals surface area contributed by atoms with Crippen LogP contribution in [0.5, 0.6) is 0 Å². The van der Waals surface area contributed by atoms with E-state index in [9.17, 15) is 4.79 Å². The van der Waals surface area contributed by atoms with Gasteiger partial charge in [0.2, 0.25) is 0 Å². The van der Waals surface area contributed by atoms with Crippen LogP contribution in [0.1, 0.15) is 19.3 Å². The number of aliphatic hydroxyl groups is 1. The first-order valence-corrected chi connectivity index (χ1v) is 6.16. The summed E-state index contributed by atoms with van der Waals surface area (Å²) in [6, 6.07) is -0.00330. The molecule has 0 aromatic heterocycles. The summed E-state index contributed by atoms with van der Waals surface area (Å²) in [7, 11) is 0. The van der Waals surface area contributed by atoms with E-state index in [2.05, 4.69) is 5.32 Å². The molecule has 0 saturated carbocycles. The Labute approximate surface area is 96.4 Å². The van der Waals surface area contributed by atoms with Crippen molar-refractivity contribution in [1.82, 2.24) is 15.1 Å². The largest absolute Gasteiger partial charge is 0.376 e. The van der Waals surface area contributed by atoms with Crippen LogP contribution >= 0.6 is 0 Å². The van der Waals surface area contributed by atoms with Gasteiger partial charge in [-0.15, -0.1) is 0 Å². The third kappa shape index (κ3) is 2.65. The summed E-state index contributed by atoms with van der Waals surface area (Å²) < 4.78 is 0. The van der Waals surface area contributed by atoms with Crippen LogP contribution in [-0.2, 0) is 0 Å². The molecule has 0 spiro atoms. The van der Waals surface area contributed by atoms with Crippen LogP contribution < -0.4 is 5.32 Å². The van der Waals surface area contributed by atoms with Crippen molar-refractivity contribution < 1.29 is 9.90 Å². The number of carbonyl (C=O) groups excluding carboxylic acids is 1. The van der Waals surface area contributed by atoms with Crippen molar-refractivity contribution in [2.75, 3.05) is 39.5 Å². The van der Waals surface area contributed by atoms with Gasteiger partial charge < -0.3 is 15.3 Å². The van der Waals surface area contributed by atoms with Crippen molar-refractivity contribution >= 4 is 6.03 Å². The van der Waals surface area contributed by atoms with Crippen LogP contribution in [0.15, 0.2) is 0 Å². The Hall–Kier alpha value is -0.810. The molecule has 2 aliphatic heterocycles. The van der Waals surface area contributed by atoms with Crippen LogP contribution in [-0.4, -0.2) is 60.4 Å². The molecule has 2 fully saturated rings.